The molecule has 1 atom stereocenters. The maximum atomic E-state index is 13.7. The molecule has 33 heavy (non-hydrogen) atoms. The fourth-order valence-corrected chi connectivity index (χ4v) is 4.80. The van der Waals surface area contributed by atoms with E-state index in [4.69, 9.17) is 4.98 Å². The van der Waals surface area contributed by atoms with Gasteiger partial charge in [-0.15, -0.1) is 0 Å². The summed E-state index contributed by atoms with van der Waals surface area (Å²) in [5.41, 5.74) is 5.63. The van der Waals surface area contributed by atoms with E-state index in [1.807, 2.05) is 42.7 Å². The number of nitrogens with zero attached hydrogens (tertiary/aromatic N) is 5. The van der Waals surface area contributed by atoms with Crippen LogP contribution in [0.25, 0.3) is 11.2 Å². The lowest BCUT2D eigenvalue weighted by Gasteiger charge is -2.33. The van der Waals surface area contributed by atoms with E-state index in [0.717, 1.165) is 34.5 Å². The van der Waals surface area contributed by atoms with Crippen LogP contribution in [-0.4, -0.2) is 25.2 Å². The lowest BCUT2D eigenvalue weighted by molar-refractivity contribution is 0.458. The summed E-state index contributed by atoms with van der Waals surface area (Å²) in [4.78, 5) is 33.9. The Labute approximate surface area is 192 Å². The van der Waals surface area contributed by atoms with Gasteiger partial charge in [0, 0.05) is 25.8 Å². The monoisotopic (exact) mass is 443 g/mol. The molecule has 170 valence electrons. The summed E-state index contributed by atoms with van der Waals surface area (Å²) in [6, 6.07) is 14.4. The van der Waals surface area contributed by atoms with Crippen molar-refractivity contribution in [1.29, 1.82) is 0 Å². The standard InChI is InChI=1S/C26H29N5O2/c1-16-7-6-8-21(12-16)29-13-18(3)14-30-22-23(27-25(29)30)28(5)26(33)31(24(22)32)15-20-11-17(2)9-10-19(20)4/h6-12,18H,13-15H2,1-5H3/t18-/m1/s1. The second-order valence-electron chi connectivity index (χ2n) is 9.41. The number of hydrogen-bond donors (Lipinski definition) is 0. The summed E-state index contributed by atoms with van der Waals surface area (Å²) < 4.78 is 4.84. The minimum atomic E-state index is -0.348. The van der Waals surface area contributed by atoms with Crippen LogP contribution in [-0.2, 0) is 20.1 Å². The molecule has 2 aromatic heterocycles. The largest absolute Gasteiger partial charge is 0.332 e. The first-order valence-electron chi connectivity index (χ1n) is 11.3. The van der Waals surface area contributed by atoms with Crippen molar-refractivity contribution in [3.63, 3.8) is 0 Å². The third-order valence-corrected chi connectivity index (χ3v) is 6.59. The van der Waals surface area contributed by atoms with Gasteiger partial charge in [-0.25, -0.2) is 4.79 Å². The molecule has 1 aliphatic heterocycles. The summed E-state index contributed by atoms with van der Waals surface area (Å²) in [5, 5.41) is 0. The van der Waals surface area contributed by atoms with E-state index in [1.165, 1.54) is 9.13 Å². The number of hydrogen-bond acceptors (Lipinski definition) is 4. The number of rotatable bonds is 3. The normalized spacial score (nSPS) is 15.8. The SMILES string of the molecule is Cc1cccc(N2C[C@@H](C)Cn3c2nc2c3c(=O)n(Cc3cc(C)ccc3C)c(=O)n2C)c1. The Morgan fingerprint density at radius 1 is 1.00 bits per heavy atom. The Kier molecular flexibility index (Phi) is 5.00. The van der Waals surface area contributed by atoms with Gasteiger partial charge in [0.15, 0.2) is 11.2 Å². The van der Waals surface area contributed by atoms with Crippen molar-refractivity contribution in [2.75, 3.05) is 11.4 Å². The Morgan fingerprint density at radius 3 is 2.52 bits per heavy atom. The average Bonchev–Trinajstić information content (AvgIpc) is 3.16. The number of anilines is 2. The number of aromatic nitrogens is 4. The van der Waals surface area contributed by atoms with Crippen LogP contribution >= 0.6 is 0 Å². The number of benzene rings is 2. The van der Waals surface area contributed by atoms with Gasteiger partial charge in [-0.2, -0.15) is 4.98 Å². The van der Waals surface area contributed by atoms with Gasteiger partial charge in [0.05, 0.1) is 6.54 Å². The Hall–Kier alpha value is -3.61. The van der Waals surface area contributed by atoms with Gasteiger partial charge in [-0.1, -0.05) is 42.8 Å². The highest BCUT2D eigenvalue weighted by atomic mass is 16.2. The van der Waals surface area contributed by atoms with Gasteiger partial charge >= 0.3 is 5.69 Å². The molecule has 2 aromatic carbocycles. The Morgan fingerprint density at radius 2 is 1.76 bits per heavy atom. The van der Waals surface area contributed by atoms with Crippen LogP contribution in [0.1, 0.15) is 29.2 Å². The van der Waals surface area contributed by atoms with E-state index in [0.29, 0.717) is 29.6 Å². The first kappa shape index (κ1) is 21.2. The molecule has 7 heteroatoms. The van der Waals surface area contributed by atoms with Crippen molar-refractivity contribution < 1.29 is 0 Å². The quantitative estimate of drug-likeness (QED) is 0.485. The van der Waals surface area contributed by atoms with Gasteiger partial charge in [0.2, 0.25) is 5.95 Å². The predicted octanol–water partition coefficient (Wildman–Crippen LogP) is 3.66. The molecule has 0 unspecified atom stereocenters. The fourth-order valence-electron chi connectivity index (χ4n) is 4.80. The number of aryl methyl sites for hydroxylation is 4. The van der Waals surface area contributed by atoms with E-state index in [9.17, 15) is 9.59 Å². The molecule has 4 aromatic rings. The van der Waals surface area contributed by atoms with E-state index >= 15 is 0 Å². The molecule has 0 saturated heterocycles. The maximum Gasteiger partial charge on any atom is 0.332 e. The van der Waals surface area contributed by atoms with Crippen molar-refractivity contribution in [3.8, 4) is 0 Å². The highest BCUT2D eigenvalue weighted by Gasteiger charge is 2.30. The lowest BCUT2D eigenvalue weighted by atomic mass is 10.1. The summed E-state index contributed by atoms with van der Waals surface area (Å²) >= 11 is 0. The molecule has 0 N–H and O–H groups in total. The molecule has 3 heterocycles. The Bertz CT molecular complexity index is 1510. The summed E-state index contributed by atoms with van der Waals surface area (Å²) in [6.07, 6.45) is 0. The minimum absolute atomic E-state index is 0.243. The zero-order chi connectivity index (χ0) is 23.4. The van der Waals surface area contributed by atoms with E-state index < -0.39 is 0 Å². The molecule has 7 nitrogen and oxygen atoms in total. The van der Waals surface area contributed by atoms with Crippen LogP contribution in [0.15, 0.2) is 52.1 Å². The Balaban J connectivity index is 1.73. The highest BCUT2D eigenvalue weighted by molar-refractivity contribution is 5.77. The summed E-state index contributed by atoms with van der Waals surface area (Å²) in [5.74, 6) is 1.03. The number of imidazole rings is 1. The van der Waals surface area contributed by atoms with Crippen LogP contribution in [0.5, 0.6) is 0 Å². The molecule has 0 aliphatic carbocycles. The molecule has 0 saturated carbocycles. The predicted molar refractivity (Wildman–Crippen MR) is 132 cm³/mol. The number of fused-ring (bicyclic) bond motifs is 3. The summed E-state index contributed by atoms with van der Waals surface area (Å²) in [6.45, 7) is 9.99. The zero-order valence-electron chi connectivity index (χ0n) is 19.8. The van der Waals surface area contributed by atoms with Gasteiger partial charge in [0.1, 0.15) is 0 Å². The van der Waals surface area contributed by atoms with Crippen molar-refractivity contribution >= 4 is 22.8 Å². The maximum absolute atomic E-state index is 13.7. The first-order chi connectivity index (χ1) is 15.7. The topological polar surface area (TPSA) is 65.1 Å². The minimum Gasteiger partial charge on any atom is -0.312 e. The van der Waals surface area contributed by atoms with Crippen molar-refractivity contribution in [3.05, 3.63) is 85.6 Å². The van der Waals surface area contributed by atoms with E-state index in [-0.39, 0.29) is 17.8 Å². The van der Waals surface area contributed by atoms with Crippen LogP contribution in [0, 0.1) is 26.7 Å². The molecule has 0 amide bonds. The van der Waals surface area contributed by atoms with E-state index in [2.05, 4.69) is 36.9 Å². The molecule has 0 radical (unpaired) electrons. The second-order valence-corrected chi connectivity index (χ2v) is 9.41. The molecular weight excluding hydrogens is 414 g/mol. The van der Waals surface area contributed by atoms with Crippen LogP contribution in [0.4, 0.5) is 11.6 Å². The molecule has 0 fully saturated rings. The van der Waals surface area contributed by atoms with E-state index in [1.54, 1.807) is 7.05 Å². The smallest absolute Gasteiger partial charge is 0.312 e. The third-order valence-electron chi connectivity index (χ3n) is 6.59. The van der Waals surface area contributed by atoms with Crippen molar-refractivity contribution in [2.45, 2.75) is 40.8 Å². The zero-order valence-corrected chi connectivity index (χ0v) is 19.8. The summed E-state index contributed by atoms with van der Waals surface area (Å²) in [7, 11) is 1.70. The van der Waals surface area contributed by atoms with Gasteiger partial charge < -0.3 is 9.47 Å². The molecule has 1 aliphatic rings. The molecule has 5 rings (SSSR count). The lowest BCUT2D eigenvalue weighted by Crippen LogP contribution is -2.40. The van der Waals surface area contributed by atoms with Crippen LogP contribution < -0.4 is 16.1 Å². The van der Waals surface area contributed by atoms with Crippen LogP contribution in [0.3, 0.4) is 0 Å². The highest BCUT2D eigenvalue weighted by Crippen LogP contribution is 2.33. The first-order valence-corrected chi connectivity index (χ1v) is 11.3. The van der Waals surface area contributed by atoms with Crippen molar-refractivity contribution in [2.24, 2.45) is 13.0 Å². The molecule has 0 spiro atoms. The molecular formula is C26H29N5O2. The van der Waals surface area contributed by atoms with Crippen molar-refractivity contribution in [1.82, 2.24) is 18.7 Å². The van der Waals surface area contributed by atoms with Gasteiger partial charge in [0.25, 0.3) is 5.56 Å². The average molecular weight is 444 g/mol. The molecule has 0 bridgehead atoms. The second kappa shape index (κ2) is 7.76. The van der Waals surface area contributed by atoms with Gasteiger partial charge in [-0.3, -0.25) is 13.9 Å². The fraction of sp³-hybridized carbons (Fsp3) is 0.346. The van der Waals surface area contributed by atoms with Crippen LogP contribution in [0.2, 0.25) is 0 Å². The third kappa shape index (κ3) is 3.48. The van der Waals surface area contributed by atoms with Gasteiger partial charge in [-0.05, 0) is 55.5 Å².